The minimum atomic E-state index is -0.317. The van der Waals surface area contributed by atoms with Crippen molar-refractivity contribution >= 4 is 27.8 Å². The van der Waals surface area contributed by atoms with Gasteiger partial charge in [0.25, 0.3) is 0 Å². The summed E-state index contributed by atoms with van der Waals surface area (Å²) in [6.45, 7) is 6.99. The number of fused-ring (bicyclic) bond motifs is 2. The van der Waals surface area contributed by atoms with E-state index in [0.717, 1.165) is 16.9 Å². The minimum Gasteiger partial charge on any atom is -0.466 e. The molecule has 32 heavy (non-hydrogen) atoms. The highest BCUT2D eigenvalue weighted by Crippen LogP contribution is 2.30. The number of nitrogens with zero attached hydrogens (tertiary/aromatic N) is 3. The molecule has 5 heteroatoms. The van der Waals surface area contributed by atoms with Crippen LogP contribution < -0.4 is 0 Å². The van der Waals surface area contributed by atoms with E-state index in [1.807, 2.05) is 31.2 Å². The summed E-state index contributed by atoms with van der Waals surface area (Å²) >= 11 is 0. The molecule has 0 aliphatic carbocycles. The molecule has 4 aromatic rings. The van der Waals surface area contributed by atoms with Gasteiger partial charge < -0.3 is 9.30 Å². The molecule has 1 aromatic heterocycles. The lowest BCUT2D eigenvalue weighted by Crippen LogP contribution is -2.23. The fourth-order valence-corrected chi connectivity index (χ4v) is 4.25. The number of hydrogen-bond donors (Lipinski definition) is 0. The third-order valence-electron chi connectivity index (χ3n) is 5.73. The molecule has 0 amide bonds. The zero-order valence-corrected chi connectivity index (χ0v) is 18.8. The predicted molar refractivity (Wildman–Crippen MR) is 126 cm³/mol. The molecular weight excluding hydrogens is 398 g/mol. The van der Waals surface area contributed by atoms with E-state index in [1.165, 1.54) is 16.3 Å². The fraction of sp³-hybridized carbons (Fsp3) is 0.296. The molecule has 5 nitrogen and oxygen atoms in total. The van der Waals surface area contributed by atoms with Crippen molar-refractivity contribution in [1.29, 1.82) is 5.26 Å². The van der Waals surface area contributed by atoms with Crippen LogP contribution in [-0.4, -0.2) is 22.1 Å². The Hall–Kier alpha value is -3.65. The van der Waals surface area contributed by atoms with Gasteiger partial charge in [-0.25, -0.2) is 4.98 Å². The van der Waals surface area contributed by atoms with Gasteiger partial charge in [0.1, 0.15) is 5.82 Å². The zero-order valence-electron chi connectivity index (χ0n) is 18.8. The third-order valence-corrected chi connectivity index (χ3v) is 5.73. The number of carbonyl (C=O) groups excluding carboxylic acids is 1. The molecule has 0 saturated carbocycles. The van der Waals surface area contributed by atoms with E-state index in [2.05, 4.69) is 60.9 Å². The second-order valence-corrected chi connectivity index (χ2v) is 8.89. The van der Waals surface area contributed by atoms with Crippen LogP contribution >= 0.6 is 0 Å². The Balaban J connectivity index is 1.78. The van der Waals surface area contributed by atoms with E-state index in [4.69, 9.17) is 9.72 Å². The quantitative estimate of drug-likeness (QED) is 0.360. The Bertz CT molecular complexity index is 1320. The van der Waals surface area contributed by atoms with Gasteiger partial charge in [0.05, 0.1) is 35.7 Å². The molecule has 162 valence electrons. The summed E-state index contributed by atoms with van der Waals surface area (Å²) in [5.74, 6) is 0.707. The summed E-state index contributed by atoms with van der Waals surface area (Å²) < 4.78 is 7.39. The Morgan fingerprint density at radius 1 is 1.12 bits per heavy atom. The summed E-state index contributed by atoms with van der Waals surface area (Å²) in [4.78, 5) is 17.0. The van der Waals surface area contributed by atoms with E-state index in [0.29, 0.717) is 31.6 Å². The zero-order chi connectivity index (χ0) is 22.7. The van der Waals surface area contributed by atoms with E-state index in [9.17, 15) is 10.1 Å². The Labute approximate surface area is 188 Å². The number of imidazole rings is 1. The van der Waals surface area contributed by atoms with Crippen molar-refractivity contribution in [3.05, 3.63) is 77.6 Å². The maximum Gasteiger partial charge on any atom is 0.306 e. The van der Waals surface area contributed by atoms with Crippen LogP contribution in [0, 0.1) is 16.7 Å². The molecule has 0 aliphatic heterocycles. The molecule has 0 atom stereocenters. The molecule has 4 rings (SSSR count). The van der Waals surface area contributed by atoms with Crippen LogP contribution in [0.4, 0.5) is 0 Å². The number of carbonyl (C=O) groups is 1. The number of rotatable bonds is 7. The molecule has 0 radical (unpaired) electrons. The van der Waals surface area contributed by atoms with Gasteiger partial charge in [-0.15, -0.1) is 0 Å². The highest BCUT2D eigenvalue weighted by atomic mass is 16.5. The lowest BCUT2D eigenvalue weighted by Gasteiger charge is -2.23. The van der Waals surface area contributed by atoms with Crippen molar-refractivity contribution in [2.45, 2.75) is 40.2 Å². The Kier molecular flexibility index (Phi) is 5.96. The number of ether oxygens (including phenoxy) is 1. The third kappa shape index (κ3) is 4.50. The standard InChI is InChI=1S/C27H27N3O2/c1-4-32-26(31)16-27(2,3)15-25-29-23-14-19(17-28)12-13-24(23)30(25)18-21-10-7-9-20-8-5-6-11-22(20)21/h5-14H,4,15-16,18H2,1-3H3. The van der Waals surface area contributed by atoms with E-state index in [-0.39, 0.29) is 11.4 Å². The molecule has 0 N–H and O–H groups in total. The molecule has 0 unspecified atom stereocenters. The molecule has 0 bridgehead atoms. The van der Waals surface area contributed by atoms with Crippen LogP contribution in [0.3, 0.4) is 0 Å². The smallest absolute Gasteiger partial charge is 0.306 e. The Morgan fingerprint density at radius 3 is 2.69 bits per heavy atom. The first-order chi connectivity index (χ1) is 15.4. The first kappa shape index (κ1) is 21.6. The van der Waals surface area contributed by atoms with Gasteiger partial charge in [-0.05, 0) is 46.9 Å². The summed E-state index contributed by atoms with van der Waals surface area (Å²) in [5, 5.41) is 11.7. The molecule has 0 spiro atoms. The van der Waals surface area contributed by atoms with E-state index < -0.39 is 0 Å². The van der Waals surface area contributed by atoms with E-state index >= 15 is 0 Å². The average Bonchev–Trinajstić information content (AvgIpc) is 3.09. The van der Waals surface area contributed by atoms with Gasteiger partial charge in [0.15, 0.2) is 0 Å². The molecule has 0 fully saturated rings. The molecule has 0 saturated heterocycles. The number of hydrogen-bond acceptors (Lipinski definition) is 4. The van der Waals surface area contributed by atoms with Gasteiger partial charge in [-0.1, -0.05) is 56.3 Å². The SMILES string of the molecule is CCOC(=O)CC(C)(C)Cc1nc2cc(C#N)ccc2n1Cc1cccc2ccccc12. The van der Waals surface area contributed by atoms with Crippen molar-refractivity contribution in [3.63, 3.8) is 0 Å². The highest BCUT2D eigenvalue weighted by Gasteiger charge is 2.26. The van der Waals surface area contributed by atoms with Gasteiger partial charge in [0.2, 0.25) is 0 Å². The number of benzene rings is 3. The summed E-state index contributed by atoms with van der Waals surface area (Å²) in [5.41, 5.74) is 3.26. The van der Waals surface area contributed by atoms with Gasteiger partial charge in [-0.2, -0.15) is 5.26 Å². The molecule has 3 aromatic carbocycles. The second kappa shape index (κ2) is 8.84. The summed E-state index contributed by atoms with van der Waals surface area (Å²) in [7, 11) is 0. The minimum absolute atomic E-state index is 0.194. The van der Waals surface area contributed by atoms with Crippen molar-refractivity contribution in [2.24, 2.45) is 5.41 Å². The van der Waals surface area contributed by atoms with E-state index in [1.54, 1.807) is 0 Å². The summed E-state index contributed by atoms with van der Waals surface area (Å²) in [6, 6.07) is 22.5. The lowest BCUT2D eigenvalue weighted by atomic mass is 9.85. The van der Waals surface area contributed by atoms with Crippen molar-refractivity contribution in [1.82, 2.24) is 9.55 Å². The number of nitriles is 1. The summed E-state index contributed by atoms with van der Waals surface area (Å²) in [6.07, 6.45) is 0.939. The topological polar surface area (TPSA) is 67.9 Å². The van der Waals surface area contributed by atoms with Crippen LogP contribution in [0.2, 0.25) is 0 Å². The van der Waals surface area contributed by atoms with Crippen molar-refractivity contribution in [2.75, 3.05) is 6.61 Å². The van der Waals surface area contributed by atoms with Crippen LogP contribution in [0.5, 0.6) is 0 Å². The van der Waals surface area contributed by atoms with Crippen LogP contribution in [0.25, 0.3) is 21.8 Å². The monoisotopic (exact) mass is 425 g/mol. The number of aromatic nitrogens is 2. The first-order valence-electron chi connectivity index (χ1n) is 10.9. The van der Waals surface area contributed by atoms with Gasteiger partial charge >= 0.3 is 5.97 Å². The largest absolute Gasteiger partial charge is 0.466 e. The first-order valence-corrected chi connectivity index (χ1v) is 10.9. The number of esters is 1. The lowest BCUT2D eigenvalue weighted by molar-refractivity contribution is -0.145. The maximum absolute atomic E-state index is 12.1. The normalized spacial score (nSPS) is 11.6. The van der Waals surface area contributed by atoms with Crippen LogP contribution in [0.15, 0.2) is 60.7 Å². The van der Waals surface area contributed by atoms with Crippen molar-refractivity contribution < 1.29 is 9.53 Å². The van der Waals surface area contributed by atoms with Crippen molar-refractivity contribution in [3.8, 4) is 6.07 Å². The maximum atomic E-state index is 12.1. The van der Waals surface area contributed by atoms with Gasteiger partial charge in [-0.3, -0.25) is 4.79 Å². The fourth-order valence-electron chi connectivity index (χ4n) is 4.25. The Morgan fingerprint density at radius 2 is 1.91 bits per heavy atom. The molecule has 0 aliphatic rings. The van der Waals surface area contributed by atoms with Gasteiger partial charge in [0, 0.05) is 13.0 Å². The van der Waals surface area contributed by atoms with Crippen LogP contribution in [0.1, 0.15) is 44.1 Å². The predicted octanol–water partition coefficient (Wildman–Crippen LogP) is 5.63. The highest BCUT2D eigenvalue weighted by molar-refractivity contribution is 5.86. The average molecular weight is 426 g/mol. The van der Waals surface area contributed by atoms with Crippen LogP contribution in [-0.2, 0) is 22.5 Å². The molecular formula is C27H27N3O2. The second-order valence-electron chi connectivity index (χ2n) is 8.89. The molecule has 1 heterocycles.